The summed E-state index contributed by atoms with van der Waals surface area (Å²) in [7, 11) is 0. The van der Waals surface area contributed by atoms with Gasteiger partial charge >= 0.3 is 0 Å². The highest BCUT2D eigenvalue weighted by atomic mass is 14.6. The molecule has 0 aliphatic heterocycles. The summed E-state index contributed by atoms with van der Waals surface area (Å²) in [5.74, 6) is 2.88. The van der Waals surface area contributed by atoms with Gasteiger partial charge in [-0.2, -0.15) is 0 Å². The second-order valence-electron chi connectivity index (χ2n) is 4.35. The Bertz CT molecular complexity index is 129. The lowest BCUT2D eigenvalue weighted by Crippen LogP contribution is -2.14. The van der Waals surface area contributed by atoms with Crippen molar-refractivity contribution in [3.05, 3.63) is 0 Å². The highest BCUT2D eigenvalue weighted by Gasteiger charge is 2.59. The quantitative estimate of drug-likeness (QED) is 0.581. The van der Waals surface area contributed by atoms with Crippen LogP contribution in [-0.4, -0.2) is 0 Å². The number of hydrogen-bond acceptors (Lipinski definition) is 0. The molecule has 1 fully saturated rings. The summed E-state index contributed by atoms with van der Waals surface area (Å²) in [6, 6.07) is 0. The molecule has 1 aliphatic carbocycles. The minimum Gasteiger partial charge on any atom is -0.0651 e. The molecule has 0 spiro atoms. The third-order valence-corrected chi connectivity index (χ3v) is 4.48. The van der Waals surface area contributed by atoms with E-state index in [4.69, 9.17) is 0 Å². The molecule has 0 aromatic heterocycles. The molecule has 0 heteroatoms. The SMILES string of the molecule is CCC(C)C1(CC)C(C)C1C. The Kier molecular flexibility index (Phi) is 2.32. The van der Waals surface area contributed by atoms with Gasteiger partial charge in [0.1, 0.15) is 0 Å². The van der Waals surface area contributed by atoms with Crippen LogP contribution in [0.15, 0.2) is 0 Å². The van der Waals surface area contributed by atoms with Crippen molar-refractivity contribution < 1.29 is 0 Å². The molecule has 0 aromatic rings. The molecule has 0 nitrogen and oxygen atoms in total. The highest BCUT2D eigenvalue weighted by Crippen LogP contribution is 2.65. The maximum Gasteiger partial charge on any atom is -0.0218 e. The van der Waals surface area contributed by atoms with Gasteiger partial charge in [0.05, 0.1) is 0 Å². The zero-order valence-corrected chi connectivity index (χ0v) is 8.65. The second-order valence-corrected chi connectivity index (χ2v) is 4.35. The Labute approximate surface area is 71.4 Å². The van der Waals surface area contributed by atoms with E-state index in [9.17, 15) is 0 Å². The second kappa shape index (κ2) is 2.80. The van der Waals surface area contributed by atoms with Gasteiger partial charge in [0, 0.05) is 0 Å². The van der Waals surface area contributed by atoms with Crippen LogP contribution in [0.1, 0.15) is 47.5 Å². The van der Waals surface area contributed by atoms with Crippen molar-refractivity contribution >= 4 is 0 Å². The van der Waals surface area contributed by atoms with Crippen molar-refractivity contribution in [2.75, 3.05) is 0 Å². The van der Waals surface area contributed by atoms with Gasteiger partial charge in [-0.3, -0.25) is 0 Å². The first-order valence-corrected chi connectivity index (χ1v) is 5.11. The molecule has 3 unspecified atom stereocenters. The van der Waals surface area contributed by atoms with E-state index < -0.39 is 0 Å². The molecule has 1 rings (SSSR count). The van der Waals surface area contributed by atoms with Crippen molar-refractivity contribution in [1.29, 1.82) is 0 Å². The van der Waals surface area contributed by atoms with Crippen LogP contribution in [0.5, 0.6) is 0 Å². The third-order valence-electron chi connectivity index (χ3n) is 4.48. The van der Waals surface area contributed by atoms with Crippen molar-refractivity contribution in [2.24, 2.45) is 23.2 Å². The molecule has 11 heavy (non-hydrogen) atoms. The van der Waals surface area contributed by atoms with Gasteiger partial charge in [-0.05, 0) is 29.6 Å². The van der Waals surface area contributed by atoms with E-state index in [2.05, 4.69) is 34.6 Å². The molecule has 1 saturated carbocycles. The van der Waals surface area contributed by atoms with Gasteiger partial charge in [0.15, 0.2) is 0 Å². The van der Waals surface area contributed by atoms with Gasteiger partial charge in [-0.15, -0.1) is 0 Å². The van der Waals surface area contributed by atoms with E-state index in [1.165, 1.54) is 12.8 Å². The lowest BCUT2D eigenvalue weighted by molar-refractivity contribution is 0.271. The van der Waals surface area contributed by atoms with E-state index in [0.29, 0.717) is 0 Å². The van der Waals surface area contributed by atoms with Crippen molar-refractivity contribution in [2.45, 2.75) is 47.5 Å². The van der Waals surface area contributed by atoms with Crippen molar-refractivity contribution in [3.8, 4) is 0 Å². The number of hydrogen-bond donors (Lipinski definition) is 0. The molecular formula is C11H22. The smallest absolute Gasteiger partial charge is 0.0218 e. The summed E-state index contributed by atoms with van der Waals surface area (Å²) in [4.78, 5) is 0. The van der Waals surface area contributed by atoms with Crippen LogP contribution in [0.3, 0.4) is 0 Å². The Balaban J connectivity index is 2.65. The van der Waals surface area contributed by atoms with E-state index in [1.54, 1.807) is 0 Å². The van der Waals surface area contributed by atoms with Gasteiger partial charge in [-0.1, -0.05) is 41.0 Å². The van der Waals surface area contributed by atoms with E-state index in [1.807, 2.05) is 0 Å². The summed E-state index contributed by atoms with van der Waals surface area (Å²) in [5, 5.41) is 0. The first-order valence-electron chi connectivity index (χ1n) is 5.11. The minimum atomic E-state index is 0.717. The Morgan fingerprint density at radius 2 is 1.64 bits per heavy atom. The van der Waals surface area contributed by atoms with Crippen LogP contribution >= 0.6 is 0 Å². The molecule has 0 radical (unpaired) electrons. The van der Waals surface area contributed by atoms with E-state index in [-0.39, 0.29) is 0 Å². The standard InChI is InChI=1S/C11H22/c1-6-8(3)11(7-2)9(4)10(11)5/h8-10H,6-7H2,1-5H3. The summed E-state index contributed by atoms with van der Waals surface area (Å²) < 4.78 is 0. The highest BCUT2D eigenvalue weighted by molar-refractivity contribution is 5.07. The average molecular weight is 154 g/mol. The zero-order valence-electron chi connectivity index (χ0n) is 8.65. The summed E-state index contributed by atoms with van der Waals surface area (Å²) in [6.45, 7) is 11.9. The maximum absolute atomic E-state index is 2.42. The fraction of sp³-hybridized carbons (Fsp3) is 1.00. The molecule has 66 valence electrons. The molecule has 3 atom stereocenters. The molecule has 0 heterocycles. The average Bonchev–Trinajstić information content (AvgIpc) is 2.55. The molecule has 0 saturated heterocycles. The Morgan fingerprint density at radius 1 is 1.18 bits per heavy atom. The normalized spacial score (nSPS) is 45.5. The van der Waals surface area contributed by atoms with Gasteiger partial charge in [0.25, 0.3) is 0 Å². The molecular weight excluding hydrogens is 132 g/mol. The number of rotatable bonds is 3. The lowest BCUT2D eigenvalue weighted by Gasteiger charge is -2.22. The van der Waals surface area contributed by atoms with Gasteiger partial charge in [0.2, 0.25) is 0 Å². The largest absolute Gasteiger partial charge is 0.0651 e. The third kappa shape index (κ3) is 1.02. The van der Waals surface area contributed by atoms with Crippen LogP contribution in [0.4, 0.5) is 0 Å². The van der Waals surface area contributed by atoms with Gasteiger partial charge in [-0.25, -0.2) is 0 Å². The molecule has 0 amide bonds. The topological polar surface area (TPSA) is 0 Å². The van der Waals surface area contributed by atoms with Crippen molar-refractivity contribution in [3.63, 3.8) is 0 Å². The maximum atomic E-state index is 2.42. The first kappa shape index (κ1) is 9.09. The van der Waals surface area contributed by atoms with Crippen LogP contribution in [-0.2, 0) is 0 Å². The molecule has 0 bridgehead atoms. The van der Waals surface area contributed by atoms with Crippen LogP contribution in [0.25, 0.3) is 0 Å². The van der Waals surface area contributed by atoms with Crippen LogP contribution < -0.4 is 0 Å². The van der Waals surface area contributed by atoms with Gasteiger partial charge < -0.3 is 0 Å². The van der Waals surface area contributed by atoms with E-state index in [0.717, 1.165) is 23.2 Å². The Morgan fingerprint density at radius 3 is 1.73 bits per heavy atom. The monoisotopic (exact) mass is 154 g/mol. The fourth-order valence-corrected chi connectivity index (χ4v) is 3.16. The predicted octanol–water partition coefficient (Wildman–Crippen LogP) is 3.71. The molecule has 0 N–H and O–H groups in total. The molecule has 1 aliphatic rings. The summed E-state index contributed by atoms with van der Waals surface area (Å²) >= 11 is 0. The first-order chi connectivity index (χ1) is 5.11. The van der Waals surface area contributed by atoms with Crippen molar-refractivity contribution in [1.82, 2.24) is 0 Å². The molecule has 0 aromatic carbocycles. The fourth-order valence-electron chi connectivity index (χ4n) is 3.16. The summed E-state index contributed by atoms with van der Waals surface area (Å²) in [6.07, 6.45) is 2.73. The van der Waals surface area contributed by atoms with Crippen LogP contribution in [0.2, 0.25) is 0 Å². The predicted molar refractivity (Wildman–Crippen MR) is 50.5 cm³/mol. The minimum absolute atomic E-state index is 0.717. The van der Waals surface area contributed by atoms with Crippen LogP contribution in [0, 0.1) is 23.2 Å². The lowest BCUT2D eigenvalue weighted by atomic mass is 9.83. The summed E-state index contributed by atoms with van der Waals surface area (Å²) in [5.41, 5.74) is 0.717. The Hall–Kier alpha value is 0. The van der Waals surface area contributed by atoms with E-state index >= 15 is 0 Å². The zero-order chi connectivity index (χ0) is 8.65.